The van der Waals surface area contributed by atoms with Gasteiger partial charge in [-0.05, 0) is 32.9 Å². The van der Waals surface area contributed by atoms with E-state index < -0.39 is 0 Å². The maximum atomic E-state index is 5.75. The van der Waals surface area contributed by atoms with Gasteiger partial charge in [0.2, 0.25) is 0 Å². The zero-order valence-electron chi connectivity index (χ0n) is 11.6. The van der Waals surface area contributed by atoms with Crippen LogP contribution in [0.25, 0.3) is 0 Å². The lowest BCUT2D eigenvalue weighted by atomic mass is 10.2. The van der Waals surface area contributed by atoms with Gasteiger partial charge >= 0.3 is 0 Å². The Kier molecular flexibility index (Phi) is 5.10. The molecule has 18 heavy (non-hydrogen) atoms. The van der Waals surface area contributed by atoms with Crippen LogP contribution in [0, 0.1) is 6.92 Å². The standard InChI is InChI=1S/C15H23NOS/c1-12-4-6-15(7-5-12)18-9-8-16-10-13(2)17-14(3)11-16/h4-7,13-14H,8-11H2,1-3H3/t13-,14+. The molecular formula is C15H23NOS. The van der Waals surface area contributed by atoms with Crippen molar-refractivity contribution >= 4 is 11.8 Å². The molecule has 1 aliphatic rings. The molecule has 2 rings (SSSR count). The second kappa shape index (κ2) is 6.60. The molecule has 1 saturated heterocycles. The summed E-state index contributed by atoms with van der Waals surface area (Å²) in [5.74, 6) is 1.16. The summed E-state index contributed by atoms with van der Waals surface area (Å²) in [7, 11) is 0. The predicted molar refractivity (Wildman–Crippen MR) is 78.4 cm³/mol. The van der Waals surface area contributed by atoms with Crippen LogP contribution < -0.4 is 0 Å². The van der Waals surface area contributed by atoms with E-state index in [1.807, 2.05) is 11.8 Å². The van der Waals surface area contributed by atoms with Crippen molar-refractivity contribution in [2.45, 2.75) is 37.9 Å². The lowest BCUT2D eigenvalue weighted by Gasteiger charge is -2.35. The van der Waals surface area contributed by atoms with Gasteiger partial charge in [-0.1, -0.05) is 17.7 Å². The van der Waals surface area contributed by atoms with E-state index in [4.69, 9.17) is 4.74 Å². The third-order valence-electron chi connectivity index (χ3n) is 3.19. The molecule has 100 valence electrons. The molecular weight excluding hydrogens is 242 g/mol. The SMILES string of the molecule is Cc1ccc(SCCN2C[C@@H](C)O[C@@H](C)C2)cc1. The molecule has 0 amide bonds. The molecule has 0 aliphatic carbocycles. The first-order valence-corrected chi connectivity index (χ1v) is 7.69. The topological polar surface area (TPSA) is 12.5 Å². The summed E-state index contributed by atoms with van der Waals surface area (Å²) in [6.45, 7) is 9.74. The molecule has 3 heteroatoms. The minimum absolute atomic E-state index is 0.373. The first-order valence-electron chi connectivity index (χ1n) is 6.71. The number of ether oxygens (including phenoxy) is 1. The van der Waals surface area contributed by atoms with E-state index in [1.54, 1.807) is 0 Å². The Hall–Kier alpha value is -0.510. The number of aryl methyl sites for hydroxylation is 1. The lowest BCUT2D eigenvalue weighted by molar-refractivity contribution is -0.0661. The molecule has 0 unspecified atom stereocenters. The average Bonchev–Trinajstić information content (AvgIpc) is 2.30. The minimum Gasteiger partial charge on any atom is -0.373 e. The van der Waals surface area contributed by atoms with E-state index in [0.717, 1.165) is 25.4 Å². The number of hydrogen-bond donors (Lipinski definition) is 0. The quantitative estimate of drug-likeness (QED) is 0.776. The summed E-state index contributed by atoms with van der Waals surface area (Å²) in [6.07, 6.45) is 0.747. The summed E-state index contributed by atoms with van der Waals surface area (Å²) < 4.78 is 5.75. The summed E-state index contributed by atoms with van der Waals surface area (Å²) >= 11 is 1.94. The van der Waals surface area contributed by atoms with Crippen LogP contribution >= 0.6 is 11.8 Å². The molecule has 0 N–H and O–H groups in total. The highest BCUT2D eigenvalue weighted by molar-refractivity contribution is 7.99. The Morgan fingerprint density at radius 2 is 1.78 bits per heavy atom. The zero-order chi connectivity index (χ0) is 13.0. The van der Waals surface area contributed by atoms with Gasteiger partial charge in [-0.15, -0.1) is 11.8 Å². The highest BCUT2D eigenvalue weighted by atomic mass is 32.2. The van der Waals surface area contributed by atoms with Crippen LogP contribution in [-0.4, -0.2) is 42.5 Å². The summed E-state index contributed by atoms with van der Waals surface area (Å²) in [4.78, 5) is 3.88. The van der Waals surface area contributed by atoms with Gasteiger partial charge < -0.3 is 4.74 Å². The Balaban J connectivity index is 1.73. The maximum absolute atomic E-state index is 5.75. The van der Waals surface area contributed by atoms with Gasteiger partial charge in [0.05, 0.1) is 12.2 Å². The van der Waals surface area contributed by atoms with E-state index in [9.17, 15) is 0 Å². The highest BCUT2D eigenvalue weighted by Gasteiger charge is 2.21. The largest absolute Gasteiger partial charge is 0.373 e. The van der Waals surface area contributed by atoms with Gasteiger partial charge in [0, 0.05) is 30.3 Å². The molecule has 0 saturated carbocycles. The molecule has 0 bridgehead atoms. The van der Waals surface area contributed by atoms with Crippen LogP contribution in [0.4, 0.5) is 0 Å². The number of rotatable bonds is 4. The number of morpholine rings is 1. The molecule has 1 aliphatic heterocycles. The molecule has 0 aromatic heterocycles. The fourth-order valence-corrected chi connectivity index (χ4v) is 3.31. The van der Waals surface area contributed by atoms with E-state index >= 15 is 0 Å². The monoisotopic (exact) mass is 265 g/mol. The van der Waals surface area contributed by atoms with E-state index in [0.29, 0.717) is 12.2 Å². The molecule has 2 nitrogen and oxygen atoms in total. The van der Waals surface area contributed by atoms with Crippen LogP contribution in [0.2, 0.25) is 0 Å². The first kappa shape index (κ1) is 13.9. The lowest BCUT2D eigenvalue weighted by Crippen LogP contribution is -2.46. The van der Waals surface area contributed by atoms with Gasteiger partial charge in [0.15, 0.2) is 0 Å². The van der Waals surface area contributed by atoms with E-state index in [2.05, 4.69) is 49.9 Å². The second-order valence-corrected chi connectivity index (χ2v) is 6.35. The molecule has 1 heterocycles. The summed E-state index contributed by atoms with van der Waals surface area (Å²) in [5.41, 5.74) is 1.33. The Morgan fingerprint density at radius 3 is 2.39 bits per heavy atom. The van der Waals surface area contributed by atoms with Crippen LogP contribution in [0.5, 0.6) is 0 Å². The van der Waals surface area contributed by atoms with Crippen molar-refractivity contribution in [3.8, 4) is 0 Å². The summed E-state index contributed by atoms with van der Waals surface area (Å²) in [6, 6.07) is 8.79. The smallest absolute Gasteiger partial charge is 0.0678 e. The molecule has 1 fully saturated rings. The maximum Gasteiger partial charge on any atom is 0.0678 e. The van der Waals surface area contributed by atoms with Gasteiger partial charge in [-0.3, -0.25) is 4.90 Å². The normalized spacial score (nSPS) is 25.3. The number of hydrogen-bond acceptors (Lipinski definition) is 3. The van der Waals surface area contributed by atoms with Crippen molar-refractivity contribution in [1.29, 1.82) is 0 Å². The van der Waals surface area contributed by atoms with Crippen LogP contribution in [-0.2, 0) is 4.74 Å². The number of benzene rings is 1. The van der Waals surface area contributed by atoms with Crippen LogP contribution in [0.3, 0.4) is 0 Å². The predicted octanol–water partition coefficient (Wildman–Crippen LogP) is 3.20. The van der Waals surface area contributed by atoms with Gasteiger partial charge in [-0.2, -0.15) is 0 Å². The van der Waals surface area contributed by atoms with Crippen molar-refractivity contribution in [2.75, 3.05) is 25.4 Å². The molecule has 0 spiro atoms. The number of thioether (sulfide) groups is 1. The van der Waals surface area contributed by atoms with Crippen LogP contribution in [0.1, 0.15) is 19.4 Å². The van der Waals surface area contributed by atoms with Gasteiger partial charge in [0.1, 0.15) is 0 Å². The Bertz CT molecular complexity index is 355. The Labute approximate surface area is 115 Å². The van der Waals surface area contributed by atoms with E-state index in [-0.39, 0.29) is 0 Å². The van der Waals surface area contributed by atoms with Crippen molar-refractivity contribution in [1.82, 2.24) is 4.90 Å². The fourth-order valence-electron chi connectivity index (χ4n) is 2.39. The molecule has 1 aromatic rings. The number of nitrogens with zero attached hydrogens (tertiary/aromatic N) is 1. The van der Waals surface area contributed by atoms with Crippen molar-refractivity contribution in [2.24, 2.45) is 0 Å². The van der Waals surface area contributed by atoms with Crippen molar-refractivity contribution in [3.05, 3.63) is 29.8 Å². The van der Waals surface area contributed by atoms with E-state index in [1.165, 1.54) is 10.5 Å². The average molecular weight is 265 g/mol. The minimum atomic E-state index is 0.373. The highest BCUT2D eigenvalue weighted by Crippen LogP contribution is 2.19. The first-order chi connectivity index (χ1) is 8.63. The van der Waals surface area contributed by atoms with Crippen LogP contribution in [0.15, 0.2) is 29.2 Å². The Morgan fingerprint density at radius 1 is 1.17 bits per heavy atom. The fraction of sp³-hybridized carbons (Fsp3) is 0.600. The second-order valence-electron chi connectivity index (χ2n) is 5.18. The molecule has 0 radical (unpaired) electrons. The zero-order valence-corrected chi connectivity index (χ0v) is 12.4. The van der Waals surface area contributed by atoms with Gasteiger partial charge in [0.25, 0.3) is 0 Å². The molecule has 1 aromatic carbocycles. The van der Waals surface area contributed by atoms with Crippen molar-refractivity contribution < 1.29 is 4.74 Å². The van der Waals surface area contributed by atoms with Gasteiger partial charge in [-0.25, -0.2) is 0 Å². The van der Waals surface area contributed by atoms with Crippen molar-refractivity contribution in [3.63, 3.8) is 0 Å². The molecule has 2 atom stereocenters. The third-order valence-corrected chi connectivity index (χ3v) is 4.18. The summed E-state index contributed by atoms with van der Waals surface area (Å²) in [5, 5.41) is 0. The third kappa shape index (κ3) is 4.30.